The number of rotatable bonds is 41. The number of thiazole rings is 1. The number of nitrogens with two attached hydrogens (primary N) is 1. The second kappa shape index (κ2) is 41.9. The lowest BCUT2D eigenvalue weighted by Gasteiger charge is -2.41. The summed E-state index contributed by atoms with van der Waals surface area (Å²) in [6, 6.07) is 16.2. The van der Waals surface area contributed by atoms with Gasteiger partial charge < -0.3 is 77.0 Å². The van der Waals surface area contributed by atoms with Crippen molar-refractivity contribution in [1.29, 1.82) is 0 Å². The molecule has 1 aliphatic rings. The van der Waals surface area contributed by atoms with Crippen molar-refractivity contribution < 1.29 is 75.3 Å². The second-order valence-electron chi connectivity index (χ2n) is 29.1. The van der Waals surface area contributed by atoms with Gasteiger partial charge in [-0.2, -0.15) is 4.72 Å². The molecule has 29 nitrogen and oxygen atoms in total. The number of unbranched alkanes of at least 4 members (excludes halogenated alkanes) is 1. The van der Waals surface area contributed by atoms with Gasteiger partial charge in [-0.05, 0) is 139 Å². The van der Waals surface area contributed by atoms with Gasteiger partial charge in [0.1, 0.15) is 46.9 Å². The summed E-state index contributed by atoms with van der Waals surface area (Å²) in [7, 11) is 0.422. The van der Waals surface area contributed by atoms with Crippen LogP contribution in [-0.4, -0.2) is 183 Å². The van der Waals surface area contributed by atoms with Gasteiger partial charge in [-0.3, -0.25) is 33.6 Å². The number of nitrogens with one attached hydrogen (secondary N) is 9. The number of ether oxygens (including phenoxy) is 4. The predicted octanol–water partition coefficient (Wildman–Crippen LogP) is 7.36. The number of aromatic nitrogens is 1. The van der Waals surface area contributed by atoms with Crippen LogP contribution in [0.3, 0.4) is 0 Å². The van der Waals surface area contributed by atoms with Crippen LogP contribution in [0.25, 0.3) is 0 Å². The third-order valence-corrected chi connectivity index (χ3v) is 20.9. The van der Waals surface area contributed by atoms with Gasteiger partial charge in [-0.25, -0.2) is 27.8 Å². The predicted molar refractivity (Wildman–Crippen MR) is 403 cm³/mol. The number of methoxy groups -OCH3 is 2. The molecule has 11 amide bonds. The summed E-state index contributed by atoms with van der Waals surface area (Å²) >= 11 is 1.46. The number of carbonyl (C=O) groups excluding carboxylic acids is 10. The Hall–Kier alpha value is -8.78. The Morgan fingerprint density at radius 3 is 1.92 bits per heavy atom. The Morgan fingerprint density at radius 2 is 1.34 bits per heavy atom. The smallest absolute Gasteiger partial charge is 0.408 e. The summed E-state index contributed by atoms with van der Waals surface area (Å²) in [6.45, 7) is 21.1. The monoisotopic (exact) mass is 1520 g/mol. The highest BCUT2D eigenvalue weighted by molar-refractivity contribution is 7.89. The first-order valence-corrected chi connectivity index (χ1v) is 38.6. The lowest BCUT2D eigenvalue weighted by Crippen LogP contribution is -2.62. The van der Waals surface area contributed by atoms with E-state index in [0.717, 1.165) is 10.6 Å². The molecule has 4 aromatic rings. The standard InChI is InChI=1S/C75H113N13O16S2/c1-16-48(6)62(58(101-14)44-59(89)88-41-26-33-57(88)63(102-15)49(7)64(90)82-56(68-77-40-42-105-68)43-50-27-19-17-20-28-50)87(13)69(94)61(47(4)5)84-70(95)75(11,12)85-73(98)103-45-51-34-36-52(37-35-51)80-65(91)54(32-25-39-78-71(76)96)81-67(93)60(46(2)3)83-66(92)55(86-106(99,100)53-29-21-18-22-30-53)31-23-24-38-79-72(97)104-74(8,9)10/h17-22,27-30,34-37,40,42,46-49,54-58,60-63,86H,16,23-26,31-33,38-39,41,43-45H2,1-15H3,(H,79,97)(H,80,91)(H,81,93)(H,82,90)(H,83,92)(H,84,95)(H,85,98)(H3,76,78,96)/t48-,49+,54-,55+,56-,57-,58+,60-,61-,62-,63+/m0/s1. The molecule has 2 heterocycles. The zero-order chi connectivity index (χ0) is 78.6. The van der Waals surface area contributed by atoms with Gasteiger partial charge in [-0.1, -0.05) is 116 Å². The van der Waals surface area contributed by atoms with Gasteiger partial charge in [0.15, 0.2) is 0 Å². The lowest BCUT2D eigenvalue weighted by atomic mass is 9.89. The molecule has 11 N–H and O–H groups in total. The molecular weight excluding hydrogens is 1400 g/mol. The third-order valence-electron chi connectivity index (χ3n) is 18.5. The maximum absolute atomic E-state index is 14.8. The summed E-state index contributed by atoms with van der Waals surface area (Å²) in [5.41, 5.74) is 4.72. The van der Waals surface area contributed by atoms with Crippen LogP contribution in [0.5, 0.6) is 0 Å². The summed E-state index contributed by atoms with van der Waals surface area (Å²) in [6.07, 6.45) is 1.76. The Labute approximate surface area is 628 Å². The highest BCUT2D eigenvalue weighted by Gasteiger charge is 2.44. The van der Waals surface area contributed by atoms with Crippen molar-refractivity contribution in [3.63, 3.8) is 0 Å². The van der Waals surface area contributed by atoms with Gasteiger partial charge in [0, 0.05) is 58.2 Å². The summed E-state index contributed by atoms with van der Waals surface area (Å²) < 4.78 is 52.6. The van der Waals surface area contributed by atoms with Gasteiger partial charge in [-0.15, -0.1) is 11.3 Å². The number of benzene rings is 3. The maximum atomic E-state index is 14.8. The molecule has 586 valence electrons. The molecule has 0 spiro atoms. The Morgan fingerprint density at radius 1 is 0.708 bits per heavy atom. The van der Waals surface area contributed by atoms with Crippen molar-refractivity contribution in [2.24, 2.45) is 29.4 Å². The van der Waals surface area contributed by atoms with Crippen molar-refractivity contribution in [3.8, 4) is 0 Å². The molecule has 1 aromatic heterocycles. The van der Waals surface area contributed by atoms with Crippen LogP contribution in [-0.2, 0) is 75.6 Å². The minimum atomic E-state index is -4.25. The molecule has 0 radical (unpaired) electrons. The largest absolute Gasteiger partial charge is 0.445 e. The van der Waals surface area contributed by atoms with Crippen LogP contribution >= 0.6 is 11.3 Å². The van der Waals surface area contributed by atoms with E-state index in [1.54, 1.807) is 98.8 Å². The topological polar surface area (TPSA) is 395 Å². The van der Waals surface area contributed by atoms with Crippen molar-refractivity contribution in [2.75, 3.05) is 46.2 Å². The van der Waals surface area contributed by atoms with Crippen molar-refractivity contribution in [1.82, 2.24) is 56.7 Å². The van der Waals surface area contributed by atoms with E-state index in [1.165, 1.54) is 73.6 Å². The average molecular weight is 1520 g/mol. The second-order valence-corrected chi connectivity index (χ2v) is 31.7. The number of urea groups is 1. The Kier molecular flexibility index (Phi) is 34.8. The minimum absolute atomic E-state index is 0.0134. The van der Waals surface area contributed by atoms with E-state index >= 15 is 0 Å². The molecule has 106 heavy (non-hydrogen) atoms. The van der Waals surface area contributed by atoms with E-state index < -0.39 is 135 Å². The molecule has 1 aliphatic heterocycles. The van der Waals surface area contributed by atoms with Gasteiger partial charge >= 0.3 is 18.2 Å². The number of alkyl carbamates (subject to hydrolysis) is 2. The Bertz CT molecular complexity index is 3620. The number of likely N-dealkylation sites (tertiary alicyclic amines) is 1. The summed E-state index contributed by atoms with van der Waals surface area (Å²) in [4.78, 5) is 145. The van der Waals surface area contributed by atoms with Crippen LogP contribution < -0.4 is 53.0 Å². The van der Waals surface area contributed by atoms with E-state index in [4.69, 9.17) is 24.7 Å². The van der Waals surface area contributed by atoms with E-state index in [1.807, 2.05) is 49.6 Å². The van der Waals surface area contributed by atoms with Crippen LogP contribution in [0.1, 0.15) is 163 Å². The number of carbonyl (C=O) groups is 10. The molecule has 0 aliphatic carbocycles. The van der Waals surface area contributed by atoms with Crippen molar-refractivity contribution in [3.05, 3.63) is 113 Å². The minimum Gasteiger partial charge on any atom is -0.445 e. The molecule has 0 saturated carbocycles. The molecule has 31 heteroatoms. The fourth-order valence-corrected chi connectivity index (χ4v) is 14.4. The number of sulfonamides is 1. The van der Waals surface area contributed by atoms with E-state index in [0.29, 0.717) is 44.2 Å². The molecule has 5 rings (SSSR count). The van der Waals surface area contributed by atoms with Crippen LogP contribution in [0.15, 0.2) is 101 Å². The molecular formula is C75H113N13O16S2. The SMILES string of the molecule is CC[C@H](C)[C@@H]([C@@H](CC(=O)N1CCC[C@H]1[C@H](OC)[C@@H](C)C(=O)N[C@@H](Cc1ccccc1)c1nccs1)OC)N(C)C(=O)[C@@H](NC(=O)C(C)(C)NC(=O)OCc1ccc(NC(=O)[C@H](CCCNC(N)=O)NC(=O)[C@@H](NC(=O)[C@@H](CCCCNC(=O)OC(C)(C)C)NS(=O)(=O)c2ccccc2)C(C)C)cc1)C(C)C. The van der Waals surface area contributed by atoms with E-state index in [9.17, 15) is 56.4 Å². The first kappa shape index (κ1) is 87.9. The summed E-state index contributed by atoms with van der Waals surface area (Å²) in [5, 5.41) is 24.6. The molecule has 0 unspecified atom stereocenters. The number of primary amides is 1. The van der Waals surface area contributed by atoms with E-state index in [2.05, 4.69) is 52.2 Å². The molecule has 1 fully saturated rings. The van der Waals surface area contributed by atoms with Crippen LogP contribution in [0.2, 0.25) is 0 Å². The molecule has 1 saturated heterocycles. The lowest BCUT2D eigenvalue weighted by molar-refractivity contribution is -0.148. The summed E-state index contributed by atoms with van der Waals surface area (Å²) in [5.74, 6) is -5.73. The zero-order valence-corrected chi connectivity index (χ0v) is 65.5. The fraction of sp³-hybridized carbons (Fsp3) is 0.587. The number of nitrogens with zero attached hydrogens (tertiary/aromatic N) is 3. The fourth-order valence-electron chi connectivity index (χ4n) is 12.4. The van der Waals surface area contributed by atoms with Crippen molar-refractivity contribution in [2.45, 2.75) is 224 Å². The number of hydrogen-bond acceptors (Lipinski definition) is 18. The Balaban J connectivity index is 1.19. The third kappa shape index (κ3) is 27.5. The number of hydrogen-bond donors (Lipinski definition) is 10. The van der Waals surface area contributed by atoms with Crippen LogP contribution in [0.4, 0.5) is 20.1 Å². The number of likely N-dealkylation sites (N-methyl/N-ethyl adjacent to an activating group) is 1. The highest BCUT2D eigenvalue weighted by Crippen LogP contribution is 2.31. The van der Waals surface area contributed by atoms with Crippen LogP contribution in [0, 0.1) is 23.7 Å². The first-order valence-electron chi connectivity index (χ1n) is 36.2. The quantitative estimate of drug-likeness (QED) is 0.0194. The molecule has 0 bridgehead atoms. The van der Waals surface area contributed by atoms with Crippen molar-refractivity contribution >= 4 is 86.6 Å². The number of amides is 11. The first-order chi connectivity index (χ1) is 50.0. The average Bonchev–Trinajstić information content (AvgIpc) is 1.40. The normalized spacial score (nSPS) is 16.1. The van der Waals surface area contributed by atoms with Gasteiger partial charge in [0.25, 0.3) is 0 Å². The zero-order valence-electron chi connectivity index (χ0n) is 63.9. The highest BCUT2D eigenvalue weighted by atomic mass is 32.2. The molecule has 11 atom stereocenters. The van der Waals surface area contributed by atoms with E-state index in [-0.39, 0.29) is 86.2 Å². The molecule has 3 aromatic carbocycles. The number of anilines is 1. The van der Waals surface area contributed by atoms with Gasteiger partial charge in [0.2, 0.25) is 51.4 Å². The van der Waals surface area contributed by atoms with Gasteiger partial charge in [0.05, 0.1) is 47.6 Å². The maximum Gasteiger partial charge on any atom is 0.408 e.